The minimum absolute atomic E-state index is 0.124. The number of anilines is 1. The topological polar surface area (TPSA) is 52.3 Å². The van der Waals surface area contributed by atoms with Gasteiger partial charge in [-0.15, -0.1) is 0 Å². The number of nitrogen functional groups attached to an aromatic ring is 1. The van der Waals surface area contributed by atoms with E-state index in [9.17, 15) is 4.79 Å². The molecule has 15 heavy (non-hydrogen) atoms. The van der Waals surface area contributed by atoms with E-state index in [-0.39, 0.29) is 5.97 Å². The summed E-state index contributed by atoms with van der Waals surface area (Å²) in [5, 5.41) is 0. The van der Waals surface area contributed by atoms with Crippen molar-refractivity contribution >= 4 is 11.7 Å². The molecule has 0 bridgehead atoms. The molecule has 0 saturated heterocycles. The standard InChI is InChI=1S/C12H17NO2/c1-2-15-12(14)8-4-6-10-5-3-7-11(13)9-10/h3,5,7,9H,2,4,6,8,13H2,1H3. The first kappa shape index (κ1) is 11.6. The molecule has 0 aliphatic heterocycles. The number of esters is 1. The number of carbonyl (C=O) groups excluding carboxylic acids is 1. The number of hydrogen-bond donors (Lipinski definition) is 1. The van der Waals surface area contributed by atoms with E-state index in [0.29, 0.717) is 13.0 Å². The molecule has 0 aliphatic rings. The molecule has 0 radical (unpaired) electrons. The zero-order valence-corrected chi connectivity index (χ0v) is 9.03. The maximum Gasteiger partial charge on any atom is 0.305 e. The second-order valence-electron chi connectivity index (χ2n) is 3.40. The Morgan fingerprint density at radius 2 is 2.27 bits per heavy atom. The molecule has 0 aliphatic carbocycles. The number of aryl methyl sites for hydroxylation is 1. The van der Waals surface area contributed by atoms with Crippen molar-refractivity contribution in [2.75, 3.05) is 12.3 Å². The molecule has 0 heterocycles. The maximum absolute atomic E-state index is 11.1. The predicted octanol–water partition coefficient (Wildman–Crippen LogP) is 2.15. The Morgan fingerprint density at radius 3 is 2.93 bits per heavy atom. The van der Waals surface area contributed by atoms with Crippen LogP contribution in [0.5, 0.6) is 0 Å². The van der Waals surface area contributed by atoms with E-state index in [1.807, 2.05) is 31.2 Å². The third kappa shape index (κ3) is 4.49. The molecule has 0 amide bonds. The van der Waals surface area contributed by atoms with Gasteiger partial charge < -0.3 is 10.5 Å². The molecule has 2 N–H and O–H groups in total. The molecule has 0 atom stereocenters. The van der Waals surface area contributed by atoms with Gasteiger partial charge in [0.05, 0.1) is 6.61 Å². The minimum Gasteiger partial charge on any atom is -0.466 e. The van der Waals surface area contributed by atoms with Crippen LogP contribution in [-0.2, 0) is 16.0 Å². The molecule has 3 nitrogen and oxygen atoms in total. The Kier molecular flexibility index (Phi) is 4.68. The number of nitrogens with two attached hydrogens (primary N) is 1. The van der Waals surface area contributed by atoms with Gasteiger partial charge in [0.25, 0.3) is 0 Å². The van der Waals surface area contributed by atoms with Crippen LogP contribution in [0.2, 0.25) is 0 Å². The van der Waals surface area contributed by atoms with Gasteiger partial charge in [0, 0.05) is 12.1 Å². The fourth-order valence-corrected chi connectivity index (χ4v) is 1.42. The zero-order chi connectivity index (χ0) is 11.1. The van der Waals surface area contributed by atoms with Crippen molar-refractivity contribution < 1.29 is 9.53 Å². The van der Waals surface area contributed by atoms with Crippen LogP contribution < -0.4 is 5.73 Å². The lowest BCUT2D eigenvalue weighted by Crippen LogP contribution is -2.04. The van der Waals surface area contributed by atoms with E-state index in [4.69, 9.17) is 10.5 Å². The molecule has 1 aromatic rings. The largest absolute Gasteiger partial charge is 0.466 e. The van der Waals surface area contributed by atoms with Crippen molar-refractivity contribution in [2.24, 2.45) is 0 Å². The average Bonchev–Trinajstić information content (AvgIpc) is 2.18. The van der Waals surface area contributed by atoms with Crippen molar-refractivity contribution in [1.29, 1.82) is 0 Å². The lowest BCUT2D eigenvalue weighted by atomic mass is 10.1. The van der Waals surface area contributed by atoms with Crippen LogP contribution >= 0.6 is 0 Å². The highest BCUT2D eigenvalue weighted by molar-refractivity contribution is 5.69. The highest BCUT2D eigenvalue weighted by Crippen LogP contribution is 2.09. The molecule has 1 aromatic carbocycles. The Hall–Kier alpha value is -1.51. The molecule has 0 spiro atoms. The molecular weight excluding hydrogens is 190 g/mol. The quantitative estimate of drug-likeness (QED) is 0.594. The molecular formula is C12H17NO2. The summed E-state index contributed by atoms with van der Waals surface area (Å²) in [6, 6.07) is 7.73. The highest BCUT2D eigenvalue weighted by Gasteiger charge is 2.01. The fourth-order valence-electron chi connectivity index (χ4n) is 1.42. The monoisotopic (exact) mass is 207 g/mol. The molecule has 82 valence electrons. The molecule has 0 fully saturated rings. The van der Waals surface area contributed by atoms with E-state index >= 15 is 0 Å². The van der Waals surface area contributed by atoms with Crippen molar-refractivity contribution in [3.8, 4) is 0 Å². The molecule has 3 heteroatoms. The third-order valence-electron chi connectivity index (χ3n) is 2.10. The fraction of sp³-hybridized carbons (Fsp3) is 0.417. The highest BCUT2D eigenvalue weighted by atomic mass is 16.5. The van der Waals surface area contributed by atoms with Gasteiger partial charge in [-0.1, -0.05) is 12.1 Å². The number of ether oxygens (including phenoxy) is 1. The summed E-state index contributed by atoms with van der Waals surface area (Å²) in [5.41, 5.74) is 7.58. The van der Waals surface area contributed by atoms with Gasteiger partial charge in [-0.3, -0.25) is 4.79 Å². The van der Waals surface area contributed by atoms with Crippen molar-refractivity contribution in [3.63, 3.8) is 0 Å². The van der Waals surface area contributed by atoms with E-state index in [0.717, 1.165) is 18.5 Å². The van der Waals surface area contributed by atoms with E-state index in [1.54, 1.807) is 0 Å². The summed E-state index contributed by atoms with van der Waals surface area (Å²) in [5.74, 6) is -0.124. The van der Waals surface area contributed by atoms with E-state index in [2.05, 4.69) is 0 Å². The third-order valence-corrected chi connectivity index (χ3v) is 2.10. The van der Waals surface area contributed by atoms with Gasteiger partial charge in [-0.05, 0) is 37.5 Å². The van der Waals surface area contributed by atoms with Crippen molar-refractivity contribution in [3.05, 3.63) is 29.8 Å². The molecule has 0 aromatic heterocycles. The van der Waals surface area contributed by atoms with Gasteiger partial charge >= 0.3 is 5.97 Å². The van der Waals surface area contributed by atoms with Gasteiger partial charge in [0.15, 0.2) is 0 Å². The Bertz CT molecular complexity index is 323. The number of benzene rings is 1. The van der Waals surface area contributed by atoms with Crippen molar-refractivity contribution in [1.82, 2.24) is 0 Å². The van der Waals surface area contributed by atoms with Crippen molar-refractivity contribution in [2.45, 2.75) is 26.2 Å². The summed E-state index contributed by atoms with van der Waals surface area (Å²) >= 11 is 0. The summed E-state index contributed by atoms with van der Waals surface area (Å²) in [6.07, 6.45) is 2.15. The maximum atomic E-state index is 11.1. The lowest BCUT2D eigenvalue weighted by molar-refractivity contribution is -0.143. The van der Waals surface area contributed by atoms with Crippen LogP contribution in [0.25, 0.3) is 0 Å². The Balaban J connectivity index is 2.28. The van der Waals surface area contributed by atoms with Gasteiger partial charge in [-0.25, -0.2) is 0 Å². The minimum atomic E-state index is -0.124. The summed E-state index contributed by atoms with van der Waals surface area (Å²) in [6.45, 7) is 2.27. The van der Waals surface area contributed by atoms with Gasteiger partial charge in [0.2, 0.25) is 0 Å². The number of hydrogen-bond acceptors (Lipinski definition) is 3. The molecule has 0 saturated carbocycles. The first-order valence-electron chi connectivity index (χ1n) is 5.22. The zero-order valence-electron chi connectivity index (χ0n) is 9.03. The first-order valence-corrected chi connectivity index (χ1v) is 5.22. The second-order valence-corrected chi connectivity index (χ2v) is 3.40. The van der Waals surface area contributed by atoms with Gasteiger partial charge in [-0.2, -0.15) is 0 Å². The normalized spacial score (nSPS) is 9.93. The summed E-state index contributed by atoms with van der Waals surface area (Å²) in [4.78, 5) is 11.1. The van der Waals surface area contributed by atoms with E-state index in [1.165, 1.54) is 5.56 Å². The van der Waals surface area contributed by atoms with Crippen LogP contribution in [0, 0.1) is 0 Å². The SMILES string of the molecule is CCOC(=O)CCCc1cccc(N)c1. The smallest absolute Gasteiger partial charge is 0.305 e. The summed E-state index contributed by atoms with van der Waals surface area (Å²) < 4.78 is 4.84. The van der Waals surface area contributed by atoms with E-state index < -0.39 is 0 Å². The number of rotatable bonds is 5. The van der Waals surface area contributed by atoms with Crippen LogP contribution in [0.15, 0.2) is 24.3 Å². The summed E-state index contributed by atoms with van der Waals surface area (Å²) in [7, 11) is 0. The lowest BCUT2D eigenvalue weighted by Gasteiger charge is -2.03. The molecule has 0 unspecified atom stereocenters. The van der Waals surface area contributed by atoms with Crippen LogP contribution in [0.3, 0.4) is 0 Å². The average molecular weight is 207 g/mol. The van der Waals surface area contributed by atoms with Crippen LogP contribution in [0.1, 0.15) is 25.3 Å². The predicted molar refractivity (Wildman–Crippen MR) is 60.4 cm³/mol. The van der Waals surface area contributed by atoms with Crippen LogP contribution in [0.4, 0.5) is 5.69 Å². The Morgan fingerprint density at radius 1 is 1.47 bits per heavy atom. The van der Waals surface area contributed by atoms with Crippen LogP contribution in [-0.4, -0.2) is 12.6 Å². The first-order chi connectivity index (χ1) is 7.22. The number of carbonyl (C=O) groups is 1. The second kappa shape index (κ2) is 6.06. The Labute approximate surface area is 90.2 Å². The van der Waals surface area contributed by atoms with Gasteiger partial charge in [0.1, 0.15) is 0 Å². The molecule has 1 rings (SSSR count).